The molecule has 1 aliphatic heterocycles. The van der Waals surface area contributed by atoms with Crippen molar-refractivity contribution in [1.29, 1.82) is 0 Å². The molecule has 2 amide bonds. The average molecular weight is 346 g/mol. The van der Waals surface area contributed by atoms with Gasteiger partial charge in [0.1, 0.15) is 5.82 Å². The molecule has 0 bridgehead atoms. The monoisotopic (exact) mass is 346 g/mol. The third-order valence-electron chi connectivity index (χ3n) is 3.98. The maximum atomic E-state index is 13.2. The van der Waals surface area contributed by atoms with E-state index in [-0.39, 0.29) is 30.5 Å². The zero-order valence-corrected chi connectivity index (χ0v) is 13.3. The van der Waals surface area contributed by atoms with Crippen molar-refractivity contribution in [3.63, 3.8) is 0 Å². The highest BCUT2D eigenvalue weighted by Gasteiger charge is 2.36. The molecule has 132 valence electrons. The van der Waals surface area contributed by atoms with Gasteiger partial charge in [0, 0.05) is 25.6 Å². The van der Waals surface area contributed by atoms with E-state index in [0.29, 0.717) is 6.07 Å². The van der Waals surface area contributed by atoms with E-state index in [4.69, 9.17) is 0 Å². The number of hydrogen-bond acceptors (Lipinski definition) is 2. The van der Waals surface area contributed by atoms with Crippen molar-refractivity contribution >= 4 is 11.8 Å². The normalized spacial score (nSPS) is 18.4. The summed E-state index contributed by atoms with van der Waals surface area (Å²) in [5.74, 6) is -2.09. The van der Waals surface area contributed by atoms with E-state index in [1.807, 2.05) is 13.8 Å². The molecule has 0 radical (unpaired) electrons. The lowest BCUT2D eigenvalue weighted by Crippen LogP contribution is -2.35. The Morgan fingerprint density at radius 1 is 1.38 bits per heavy atom. The minimum Gasteiger partial charge on any atom is -0.352 e. The van der Waals surface area contributed by atoms with Gasteiger partial charge in [-0.1, -0.05) is 0 Å². The van der Waals surface area contributed by atoms with Crippen molar-refractivity contribution in [2.45, 2.75) is 39.0 Å². The van der Waals surface area contributed by atoms with Gasteiger partial charge >= 0.3 is 6.18 Å². The summed E-state index contributed by atoms with van der Waals surface area (Å²) in [6, 6.07) is 2.08. The van der Waals surface area contributed by atoms with E-state index in [9.17, 15) is 27.2 Å². The van der Waals surface area contributed by atoms with Crippen LogP contribution >= 0.6 is 0 Å². The number of likely N-dealkylation sites (tertiary alicyclic amines) is 1. The number of benzene rings is 1. The van der Waals surface area contributed by atoms with Crippen molar-refractivity contribution in [1.82, 2.24) is 10.2 Å². The minimum absolute atomic E-state index is 0.0271. The number of carbonyl (C=O) groups excluding carboxylic acids is 2. The zero-order valence-electron chi connectivity index (χ0n) is 13.3. The van der Waals surface area contributed by atoms with E-state index in [1.165, 1.54) is 0 Å². The Morgan fingerprint density at radius 3 is 2.58 bits per heavy atom. The van der Waals surface area contributed by atoms with Crippen molar-refractivity contribution in [3.05, 3.63) is 35.1 Å². The summed E-state index contributed by atoms with van der Waals surface area (Å²) in [6.07, 6.45) is -4.61. The highest BCUT2D eigenvalue weighted by Crippen LogP contribution is 2.32. The van der Waals surface area contributed by atoms with Gasteiger partial charge in [-0.3, -0.25) is 9.59 Å². The Hall–Kier alpha value is -2.12. The summed E-state index contributed by atoms with van der Waals surface area (Å²) in [5, 5.41) is 2.38. The molecule has 1 aromatic rings. The molecule has 0 aromatic heterocycles. The first-order chi connectivity index (χ1) is 11.1. The van der Waals surface area contributed by atoms with Gasteiger partial charge < -0.3 is 10.2 Å². The third-order valence-corrected chi connectivity index (χ3v) is 3.98. The van der Waals surface area contributed by atoms with Gasteiger partial charge in [-0.15, -0.1) is 0 Å². The van der Waals surface area contributed by atoms with Crippen molar-refractivity contribution in [2.75, 3.05) is 6.54 Å². The number of carbonyl (C=O) groups is 2. The Bertz CT molecular complexity index is 643. The van der Waals surface area contributed by atoms with E-state index in [0.717, 1.165) is 12.1 Å². The van der Waals surface area contributed by atoms with Gasteiger partial charge in [-0.2, -0.15) is 13.2 Å². The lowest BCUT2D eigenvalue weighted by Gasteiger charge is -2.20. The van der Waals surface area contributed by atoms with Crippen LogP contribution in [0, 0.1) is 11.7 Å². The van der Waals surface area contributed by atoms with E-state index in [1.54, 1.807) is 4.90 Å². The van der Waals surface area contributed by atoms with Crippen LogP contribution in [0.2, 0.25) is 0 Å². The van der Waals surface area contributed by atoms with Crippen LogP contribution < -0.4 is 5.32 Å². The lowest BCUT2D eigenvalue weighted by atomic mass is 10.1. The first-order valence-corrected chi connectivity index (χ1v) is 7.52. The van der Waals surface area contributed by atoms with Gasteiger partial charge in [-0.25, -0.2) is 4.39 Å². The molecule has 2 rings (SSSR count). The summed E-state index contributed by atoms with van der Waals surface area (Å²) in [4.78, 5) is 25.4. The summed E-state index contributed by atoms with van der Waals surface area (Å²) in [7, 11) is 0. The number of alkyl halides is 3. The maximum Gasteiger partial charge on any atom is 0.416 e. The Morgan fingerprint density at radius 2 is 2.04 bits per heavy atom. The molecule has 1 aromatic carbocycles. The topological polar surface area (TPSA) is 49.4 Å². The number of halogens is 4. The van der Waals surface area contributed by atoms with Gasteiger partial charge in [-0.05, 0) is 37.6 Å². The molecule has 1 N–H and O–H groups in total. The molecule has 8 heteroatoms. The Kier molecular flexibility index (Phi) is 5.15. The fraction of sp³-hybridized carbons (Fsp3) is 0.500. The van der Waals surface area contributed by atoms with Gasteiger partial charge in [0.15, 0.2) is 0 Å². The highest BCUT2D eigenvalue weighted by molar-refractivity contribution is 5.89. The van der Waals surface area contributed by atoms with E-state index in [2.05, 4.69) is 5.32 Å². The van der Waals surface area contributed by atoms with Crippen molar-refractivity contribution in [2.24, 2.45) is 5.92 Å². The molecule has 1 fully saturated rings. The number of amides is 2. The summed E-state index contributed by atoms with van der Waals surface area (Å²) >= 11 is 0. The highest BCUT2D eigenvalue weighted by atomic mass is 19.4. The fourth-order valence-corrected chi connectivity index (χ4v) is 2.72. The molecule has 0 spiro atoms. The maximum absolute atomic E-state index is 13.2. The molecule has 24 heavy (non-hydrogen) atoms. The predicted octanol–water partition coefficient (Wildman–Crippen LogP) is 2.72. The number of rotatable bonds is 4. The molecule has 4 nitrogen and oxygen atoms in total. The van der Waals surface area contributed by atoms with Crippen LogP contribution in [0.25, 0.3) is 0 Å². The van der Waals surface area contributed by atoms with Crippen LogP contribution in [-0.2, 0) is 22.3 Å². The SMILES string of the molecule is CC(C)N1C[C@H](C(=O)NCc2cc(F)ccc2C(F)(F)F)CC1=O. The largest absolute Gasteiger partial charge is 0.416 e. The fourth-order valence-electron chi connectivity index (χ4n) is 2.72. The van der Waals surface area contributed by atoms with Crippen LogP contribution in [0.3, 0.4) is 0 Å². The molecule has 1 aliphatic rings. The molecule has 0 unspecified atom stereocenters. The Balaban J connectivity index is 2.05. The molecule has 1 heterocycles. The molecule has 1 atom stereocenters. The van der Waals surface area contributed by atoms with Gasteiger partial charge in [0.05, 0.1) is 11.5 Å². The first kappa shape index (κ1) is 18.2. The Labute approximate surface area is 136 Å². The van der Waals surface area contributed by atoms with E-state index >= 15 is 0 Å². The van der Waals surface area contributed by atoms with Crippen LogP contribution in [0.5, 0.6) is 0 Å². The van der Waals surface area contributed by atoms with Crippen LogP contribution in [0.1, 0.15) is 31.4 Å². The summed E-state index contributed by atoms with van der Waals surface area (Å²) in [5.41, 5.74) is -1.34. The van der Waals surface area contributed by atoms with Gasteiger partial charge in [0.2, 0.25) is 11.8 Å². The van der Waals surface area contributed by atoms with Crippen molar-refractivity contribution in [3.8, 4) is 0 Å². The van der Waals surface area contributed by atoms with Crippen molar-refractivity contribution < 1.29 is 27.2 Å². The second-order valence-corrected chi connectivity index (χ2v) is 6.06. The molecule has 0 saturated carbocycles. The number of nitrogens with one attached hydrogen (secondary N) is 1. The second-order valence-electron chi connectivity index (χ2n) is 6.06. The zero-order chi connectivity index (χ0) is 18.1. The summed E-state index contributed by atoms with van der Waals surface area (Å²) in [6.45, 7) is 3.43. The van der Waals surface area contributed by atoms with Crippen LogP contribution in [0.4, 0.5) is 17.6 Å². The molecular formula is C16H18F4N2O2. The lowest BCUT2D eigenvalue weighted by molar-refractivity contribution is -0.138. The number of nitrogens with zero attached hydrogens (tertiary/aromatic N) is 1. The molecule has 1 saturated heterocycles. The number of hydrogen-bond donors (Lipinski definition) is 1. The van der Waals surface area contributed by atoms with E-state index < -0.39 is 35.9 Å². The molecular weight excluding hydrogens is 328 g/mol. The van der Waals surface area contributed by atoms with Crippen LogP contribution in [0.15, 0.2) is 18.2 Å². The molecule has 0 aliphatic carbocycles. The average Bonchev–Trinajstić information content (AvgIpc) is 2.85. The minimum atomic E-state index is -4.63. The van der Waals surface area contributed by atoms with Crippen LogP contribution in [-0.4, -0.2) is 29.3 Å². The predicted molar refractivity (Wildman–Crippen MR) is 78.2 cm³/mol. The second kappa shape index (κ2) is 6.78. The standard InChI is InChI=1S/C16H18F4N2O2/c1-9(2)22-8-11(6-14(22)23)15(24)21-7-10-5-12(17)3-4-13(10)16(18,19)20/h3-5,9,11H,6-8H2,1-2H3,(H,21,24)/t11-/m1/s1. The quantitative estimate of drug-likeness (QED) is 0.853. The van der Waals surface area contributed by atoms with Gasteiger partial charge in [0.25, 0.3) is 0 Å². The third kappa shape index (κ3) is 4.04. The smallest absolute Gasteiger partial charge is 0.352 e. The summed E-state index contributed by atoms with van der Waals surface area (Å²) < 4.78 is 52.0. The first-order valence-electron chi connectivity index (χ1n) is 7.52.